The van der Waals surface area contributed by atoms with E-state index in [1.807, 2.05) is 6.92 Å². The van der Waals surface area contributed by atoms with Crippen LogP contribution in [0.4, 0.5) is 4.39 Å². The van der Waals surface area contributed by atoms with Gasteiger partial charge >= 0.3 is 0 Å². The number of nitrogens with one attached hydrogen (secondary N) is 1. The number of halogens is 1. The monoisotopic (exact) mass is 288 g/mol. The summed E-state index contributed by atoms with van der Waals surface area (Å²) in [4.78, 5) is 11.6. The van der Waals surface area contributed by atoms with Crippen molar-refractivity contribution in [3.8, 4) is 0 Å². The van der Waals surface area contributed by atoms with Crippen LogP contribution < -0.4 is 10.5 Å². The Labute approximate surface area is 112 Å². The highest BCUT2D eigenvalue weighted by molar-refractivity contribution is 7.89. The maximum Gasteiger partial charge on any atom is 0.254 e. The van der Waals surface area contributed by atoms with Gasteiger partial charge in [-0.2, -0.15) is 0 Å². The van der Waals surface area contributed by atoms with Crippen LogP contribution in [0.25, 0.3) is 0 Å². The van der Waals surface area contributed by atoms with Crippen molar-refractivity contribution in [2.75, 3.05) is 0 Å². The average Bonchev–Trinajstić information content (AvgIpc) is 2.30. The summed E-state index contributed by atoms with van der Waals surface area (Å²) in [6.45, 7) is 5.02. The summed E-state index contributed by atoms with van der Waals surface area (Å²) in [5.41, 5.74) is -0.259. The van der Waals surface area contributed by atoms with Gasteiger partial charge in [0.15, 0.2) is 0 Å². The lowest BCUT2D eigenvalue weighted by atomic mass is 10.1. The van der Waals surface area contributed by atoms with Crippen LogP contribution in [0.1, 0.15) is 36.2 Å². The maximum absolute atomic E-state index is 13.9. The van der Waals surface area contributed by atoms with E-state index >= 15 is 0 Å². The van der Waals surface area contributed by atoms with Crippen molar-refractivity contribution in [2.45, 2.75) is 38.1 Å². The molecule has 1 aromatic rings. The van der Waals surface area contributed by atoms with Crippen molar-refractivity contribution < 1.29 is 17.6 Å². The summed E-state index contributed by atoms with van der Waals surface area (Å²) in [5.74, 6) is -1.39. The van der Waals surface area contributed by atoms with Gasteiger partial charge in [0, 0.05) is 6.04 Å². The number of primary sulfonamides is 1. The summed E-state index contributed by atoms with van der Waals surface area (Å²) in [7, 11) is -3.98. The molecule has 1 rings (SSSR count). The molecule has 0 saturated carbocycles. The van der Waals surface area contributed by atoms with Gasteiger partial charge in [-0.15, -0.1) is 0 Å². The van der Waals surface area contributed by atoms with Gasteiger partial charge in [-0.25, -0.2) is 17.9 Å². The minimum absolute atomic E-state index is 0.0563. The molecule has 0 aliphatic heterocycles. The van der Waals surface area contributed by atoms with Gasteiger partial charge in [0.25, 0.3) is 5.91 Å². The molecule has 1 unspecified atom stereocenters. The van der Waals surface area contributed by atoms with Crippen molar-refractivity contribution in [1.82, 2.24) is 5.32 Å². The Kier molecular flexibility index (Phi) is 4.65. The number of aryl methyl sites for hydroxylation is 1. The van der Waals surface area contributed by atoms with Gasteiger partial charge in [0.1, 0.15) is 5.82 Å². The molecule has 0 aromatic heterocycles. The number of benzene rings is 1. The number of hydrogen-bond acceptors (Lipinski definition) is 3. The Hall–Kier alpha value is -1.47. The lowest BCUT2D eigenvalue weighted by Gasteiger charge is -2.13. The Morgan fingerprint density at radius 1 is 1.47 bits per heavy atom. The van der Waals surface area contributed by atoms with E-state index in [1.165, 1.54) is 6.92 Å². The number of carbonyl (C=O) groups excluding carboxylic acids is 1. The Balaban J connectivity index is 3.27. The van der Waals surface area contributed by atoms with Crippen LogP contribution in [0.3, 0.4) is 0 Å². The highest BCUT2D eigenvalue weighted by Crippen LogP contribution is 2.18. The molecule has 19 heavy (non-hydrogen) atoms. The van der Waals surface area contributed by atoms with Crippen LogP contribution >= 0.6 is 0 Å². The van der Waals surface area contributed by atoms with E-state index in [-0.39, 0.29) is 22.1 Å². The predicted molar refractivity (Wildman–Crippen MR) is 69.7 cm³/mol. The fourth-order valence-electron chi connectivity index (χ4n) is 1.47. The third kappa shape index (κ3) is 3.74. The van der Waals surface area contributed by atoms with Gasteiger partial charge in [-0.1, -0.05) is 6.92 Å². The molecular weight excluding hydrogens is 271 g/mol. The molecule has 5 nitrogen and oxygen atoms in total. The summed E-state index contributed by atoms with van der Waals surface area (Å²) in [6.07, 6.45) is 0.682. The Bertz CT molecular complexity index is 599. The van der Waals surface area contributed by atoms with Crippen LogP contribution in [0.5, 0.6) is 0 Å². The summed E-state index contributed by atoms with van der Waals surface area (Å²) >= 11 is 0. The first kappa shape index (κ1) is 15.6. The highest BCUT2D eigenvalue weighted by atomic mass is 32.2. The lowest BCUT2D eigenvalue weighted by Crippen LogP contribution is -2.33. The normalized spacial score (nSPS) is 13.1. The number of amides is 1. The van der Waals surface area contributed by atoms with Crippen molar-refractivity contribution in [3.63, 3.8) is 0 Å². The average molecular weight is 288 g/mol. The number of nitrogens with two attached hydrogens (primary N) is 1. The fraction of sp³-hybridized carbons (Fsp3) is 0.417. The number of sulfonamides is 1. The molecule has 1 amide bonds. The highest BCUT2D eigenvalue weighted by Gasteiger charge is 2.20. The van der Waals surface area contributed by atoms with Gasteiger partial charge in [0.05, 0.1) is 10.5 Å². The molecule has 1 aromatic carbocycles. The van der Waals surface area contributed by atoms with E-state index < -0.39 is 21.7 Å². The second-order valence-electron chi connectivity index (χ2n) is 4.43. The van der Waals surface area contributed by atoms with E-state index in [1.54, 1.807) is 6.92 Å². The van der Waals surface area contributed by atoms with E-state index in [0.29, 0.717) is 6.42 Å². The smallest absolute Gasteiger partial charge is 0.254 e. The Morgan fingerprint density at radius 2 is 2.05 bits per heavy atom. The molecule has 0 spiro atoms. The number of carbonyl (C=O) groups is 1. The quantitative estimate of drug-likeness (QED) is 0.875. The van der Waals surface area contributed by atoms with E-state index in [9.17, 15) is 17.6 Å². The lowest BCUT2D eigenvalue weighted by molar-refractivity contribution is 0.0934. The van der Waals surface area contributed by atoms with Crippen LogP contribution in [0, 0.1) is 12.7 Å². The van der Waals surface area contributed by atoms with Crippen LogP contribution in [0.2, 0.25) is 0 Å². The van der Waals surface area contributed by atoms with Crippen molar-refractivity contribution in [2.24, 2.45) is 5.14 Å². The maximum atomic E-state index is 13.9. The first-order chi connectivity index (χ1) is 8.66. The van der Waals surface area contributed by atoms with Crippen LogP contribution in [0.15, 0.2) is 17.0 Å². The van der Waals surface area contributed by atoms with Crippen LogP contribution in [-0.4, -0.2) is 20.4 Å². The Morgan fingerprint density at radius 3 is 2.53 bits per heavy atom. The van der Waals surface area contributed by atoms with Crippen molar-refractivity contribution >= 4 is 15.9 Å². The van der Waals surface area contributed by atoms with Gasteiger partial charge in [-0.05, 0) is 38.0 Å². The van der Waals surface area contributed by atoms with Crippen molar-refractivity contribution in [1.29, 1.82) is 0 Å². The molecule has 0 bridgehead atoms. The first-order valence-electron chi connectivity index (χ1n) is 5.80. The van der Waals surface area contributed by atoms with Gasteiger partial charge in [-0.3, -0.25) is 4.79 Å². The topological polar surface area (TPSA) is 89.3 Å². The van der Waals surface area contributed by atoms with E-state index in [2.05, 4.69) is 5.32 Å². The molecular formula is C12H17FN2O3S. The minimum Gasteiger partial charge on any atom is -0.350 e. The molecule has 1 atom stereocenters. The predicted octanol–water partition coefficient (Wildman–Crippen LogP) is 1.31. The molecule has 0 fully saturated rings. The zero-order chi connectivity index (χ0) is 14.8. The number of rotatable bonds is 4. The molecule has 7 heteroatoms. The number of hydrogen-bond donors (Lipinski definition) is 2. The zero-order valence-electron chi connectivity index (χ0n) is 11.0. The van der Waals surface area contributed by atoms with Crippen molar-refractivity contribution in [3.05, 3.63) is 29.1 Å². The third-order valence-electron chi connectivity index (χ3n) is 2.79. The molecule has 3 N–H and O–H groups in total. The van der Waals surface area contributed by atoms with Gasteiger partial charge < -0.3 is 5.32 Å². The largest absolute Gasteiger partial charge is 0.350 e. The van der Waals surface area contributed by atoms with Crippen LogP contribution in [-0.2, 0) is 10.0 Å². The molecule has 106 valence electrons. The third-order valence-corrected chi connectivity index (χ3v) is 3.68. The summed E-state index contributed by atoms with van der Waals surface area (Å²) in [5, 5.41) is 7.57. The molecule has 0 aliphatic rings. The second-order valence-corrected chi connectivity index (χ2v) is 5.99. The summed E-state index contributed by atoms with van der Waals surface area (Å²) < 4.78 is 36.4. The standard InChI is InChI=1S/C12H17FN2O3S/c1-4-8(3)15-12(16)10-6-9(19(14,17)18)5-7(2)11(10)13/h5-6,8H,4H2,1-3H3,(H,15,16)(H2,14,17,18). The van der Waals surface area contributed by atoms with E-state index in [4.69, 9.17) is 5.14 Å². The first-order valence-corrected chi connectivity index (χ1v) is 7.35. The van der Waals surface area contributed by atoms with Gasteiger partial charge in [0.2, 0.25) is 10.0 Å². The molecule has 0 aliphatic carbocycles. The minimum atomic E-state index is -3.98. The zero-order valence-corrected chi connectivity index (χ0v) is 11.8. The molecule has 0 radical (unpaired) electrons. The molecule has 0 saturated heterocycles. The SMILES string of the molecule is CCC(C)NC(=O)c1cc(S(N)(=O)=O)cc(C)c1F. The second kappa shape index (κ2) is 5.66. The molecule has 0 heterocycles. The summed E-state index contributed by atoms with van der Waals surface area (Å²) in [6, 6.07) is 1.92. The fourth-order valence-corrected chi connectivity index (χ4v) is 2.09. The van der Waals surface area contributed by atoms with E-state index in [0.717, 1.165) is 12.1 Å².